The third kappa shape index (κ3) is 3.23. The topological polar surface area (TPSA) is 70.5 Å². The van der Waals surface area contributed by atoms with Crippen LogP contribution in [0.2, 0.25) is 0 Å². The molecule has 2 aromatic heterocycles. The van der Waals surface area contributed by atoms with Crippen molar-refractivity contribution in [1.29, 1.82) is 0 Å². The van der Waals surface area contributed by atoms with E-state index in [4.69, 9.17) is 5.11 Å². The smallest absolute Gasteiger partial charge is 0.356 e. The lowest BCUT2D eigenvalue weighted by Crippen LogP contribution is -2.19. The van der Waals surface area contributed by atoms with Gasteiger partial charge in [0.15, 0.2) is 16.6 Å². The van der Waals surface area contributed by atoms with E-state index < -0.39 is 5.97 Å². The number of thiazole rings is 1. The first kappa shape index (κ1) is 14.7. The molecule has 0 aliphatic rings. The Hall–Kier alpha value is -1.73. The van der Waals surface area contributed by atoms with E-state index in [1.807, 2.05) is 23.4 Å². The van der Waals surface area contributed by atoms with Crippen LogP contribution in [0.4, 0.5) is 5.13 Å². The first-order valence-corrected chi connectivity index (χ1v) is 7.67. The van der Waals surface area contributed by atoms with Crippen LogP contribution < -0.4 is 4.90 Å². The van der Waals surface area contributed by atoms with Gasteiger partial charge < -0.3 is 10.0 Å². The Morgan fingerprint density at radius 1 is 1.45 bits per heavy atom. The number of thiophene rings is 1. The molecule has 7 heteroatoms. The average molecular weight is 310 g/mol. The largest absolute Gasteiger partial charge is 0.476 e. The third-order valence-electron chi connectivity index (χ3n) is 2.74. The van der Waals surface area contributed by atoms with Gasteiger partial charge in [0.25, 0.3) is 0 Å². The number of carbonyl (C=O) groups excluding carboxylic acids is 1. The summed E-state index contributed by atoms with van der Waals surface area (Å²) in [6.45, 7) is 2.08. The van der Waals surface area contributed by atoms with Crippen LogP contribution in [0.15, 0.2) is 17.5 Å². The molecule has 0 bridgehead atoms. The quantitative estimate of drug-likeness (QED) is 0.831. The highest BCUT2D eigenvalue weighted by molar-refractivity contribution is 7.17. The molecule has 0 atom stereocenters. The van der Waals surface area contributed by atoms with Crippen LogP contribution in [-0.2, 0) is 6.42 Å². The minimum Gasteiger partial charge on any atom is -0.476 e. The number of carboxylic acids is 1. The van der Waals surface area contributed by atoms with Crippen molar-refractivity contribution in [2.24, 2.45) is 0 Å². The Balaban J connectivity index is 2.13. The summed E-state index contributed by atoms with van der Waals surface area (Å²) in [5.41, 5.74) is -0.152. The van der Waals surface area contributed by atoms with Crippen molar-refractivity contribution in [3.63, 3.8) is 0 Å². The number of likely N-dealkylation sites (N-methyl/N-ethyl adjacent to an activating group) is 1. The van der Waals surface area contributed by atoms with Crippen molar-refractivity contribution in [2.45, 2.75) is 13.3 Å². The fourth-order valence-corrected chi connectivity index (χ4v) is 3.32. The van der Waals surface area contributed by atoms with Gasteiger partial charge in [0.1, 0.15) is 4.88 Å². The molecule has 0 unspecified atom stereocenters. The standard InChI is InChI=1S/C13H14N2O3S2/c1-8(16)11-10(12(17)18)14-13(20-11)15(2)6-5-9-4-3-7-19-9/h3-4,7H,5-6H2,1-2H3,(H,17,18). The Labute approximate surface area is 124 Å². The zero-order valence-corrected chi connectivity index (χ0v) is 12.8. The lowest BCUT2D eigenvalue weighted by Gasteiger charge is -2.14. The molecule has 0 aromatic carbocycles. The van der Waals surface area contributed by atoms with E-state index in [0.29, 0.717) is 5.13 Å². The van der Waals surface area contributed by atoms with Gasteiger partial charge in [-0.05, 0) is 17.9 Å². The summed E-state index contributed by atoms with van der Waals surface area (Å²) >= 11 is 2.82. The maximum Gasteiger partial charge on any atom is 0.356 e. The summed E-state index contributed by atoms with van der Waals surface area (Å²) in [6, 6.07) is 4.06. The Morgan fingerprint density at radius 3 is 2.70 bits per heavy atom. The van der Waals surface area contributed by atoms with Gasteiger partial charge in [0.05, 0.1) is 0 Å². The average Bonchev–Trinajstić information content (AvgIpc) is 3.04. The highest BCUT2D eigenvalue weighted by Gasteiger charge is 2.21. The van der Waals surface area contributed by atoms with Gasteiger partial charge in [-0.25, -0.2) is 9.78 Å². The number of aromatic nitrogens is 1. The van der Waals surface area contributed by atoms with Gasteiger partial charge in [0.2, 0.25) is 0 Å². The zero-order valence-electron chi connectivity index (χ0n) is 11.1. The highest BCUT2D eigenvalue weighted by atomic mass is 32.1. The molecule has 0 aliphatic heterocycles. The van der Waals surface area contributed by atoms with E-state index in [0.717, 1.165) is 24.3 Å². The molecular formula is C13H14N2O3S2. The number of nitrogens with zero attached hydrogens (tertiary/aromatic N) is 2. The summed E-state index contributed by atoms with van der Waals surface area (Å²) in [5.74, 6) is -1.43. The van der Waals surface area contributed by atoms with Crippen molar-refractivity contribution >= 4 is 39.6 Å². The first-order chi connectivity index (χ1) is 9.49. The molecule has 0 aliphatic carbocycles. The predicted molar refractivity (Wildman–Crippen MR) is 80.4 cm³/mol. The molecule has 5 nitrogen and oxygen atoms in total. The molecule has 106 valence electrons. The molecule has 0 saturated carbocycles. The van der Waals surface area contributed by atoms with Gasteiger partial charge in [-0.15, -0.1) is 11.3 Å². The van der Waals surface area contributed by atoms with Crippen LogP contribution >= 0.6 is 22.7 Å². The normalized spacial score (nSPS) is 10.5. The van der Waals surface area contributed by atoms with Crippen molar-refractivity contribution < 1.29 is 14.7 Å². The highest BCUT2D eigenvalue weighted by Crippen LogP contribution is 2.26. The van der Waals surface area contributed by atoms with E-state index in [-0.39, 0.29) is 16.4 Å². The summed E-state index contributed by atoms with van der Waals surface area (Å²) in [4.78, 5) is 29.9. The molecule has 0 amide bonds. The molecule has 0 saturated heterocycles. The number of rotatable bonds is 6. The van der Waals surface area contributed by atoms with Gasteiger partial charge in [-0.1, -0.05) is 17.4 Å². The van der Waals surface area contributed by atoms with E-state index in [9.17, 15) is 9.59 Å². The summed E-state index contributed by atoms with van der Waals surface area (Å²) in [6.07, 6.45) is 0.867. The summed E-state index contributed by atoms with van der Waals surface area (Å²) < 4.78 is 0. The van der Waals surface area contributed by atoms with E-state index in [1.54, 1.807) is 11.3 Å². The van der Waals surface area contributed by atoms with E-state index in [2.05, 4.69) is 11.1 Å². The maximum absolute atomic E-state index is 11.4. The minimum atomic E-state index is -1.16. The lowest BCUT2D eigenvalue weighted by atomic mass is 10.3. The number of Topliss-reactive ketones (excluding diaryl/α,β-unsaturated/α-hetero) is 1. The van der Waals surface area contributed by atoms with Crippen molar-refractivity contribution in [1.82, 2.24) is 4.98 Å². The molecule has 0 radical (unpaired) electrons. The predicted octanol–water partition coefficient (Wildman–Crippen LogP) is 2.78. The second kappa shape index (κ2) is 6.15. The minimum absolute atomic E-state index is 0.152. The molecule has 2 heterocycles. The monoisotopic (exact) mass is 310 g/mol. The molecular weight excluding hydrogens is 296 g/mol. The Morgan fingerprint density at radius 2 is 2.20 bits per heavy atom. The van der Waals surface area contributed by atoms with Gasteiger partial charge >= 0.3 is 5.97 Å². The number of aromatic carboxylic acids is 1. The maximum atomic E-state index is 11.4. The Kier molecular flexibility index (Phi) is 4.51. The number of hydrogen-bond acceptors (Lipinski definition) is 6. The molecule has 2 rings (SSSR count). The summed E-state index contributed by atoms with van der Waals surface area (Å²) in [5, 5.41) is 11.6. The Bertz CT molecular complexity index is 588. The fourth-order valence-electron chi connectivity index (χ4n) is 1.68. The lowest BCUT2D eigenvalue weighted by molar-refractivity contribution is 0.0687. The fraction of sp³-hybridized carbons (Fsp3) is 0.308. The van der Waals surface area contributed by atoms with Crippen molar-refractivity contribution in [3.05, 3.63) is 33.0 Å². The van der Waals surface area contributed by atoms with Crippen molar-refractivity contribution in [2.75, 3.05) is 18.5 Å². The molecule has 0 fully saturated rings. The van der Waals surface area contributed by atoms with Crippen LogP contribution in [0.5, 0.6) is 0 Å². The molecule has 0 spiro atoms. The second-order valence-electron chi connectivity index (χ2n) is 4.29. The molecule has 20 heavy (non-hydrogen) atoms. The van der Waals surface area contributed by atoms with Crippen LogP contribution in [0.25, 0.3) is 0 Å². The second-order valence-corrected chi connectivity index (χ2v) is 6.30. The number of hydrogen-bond donors (Lipinski definition) is 1. The van der Waals surface area contributed by atoms with Crippen LogP contribution in [-0.4, -0.2) is 35.4 Å². The van der Waals surface area contributed by atoms with Crippen LogP contribution in [0, 0.1) is 0 Å². The molecule has 1 N–H and O–H groups in total. The number of carbonyl (C=O) groups is 2. The van der Waals surface area contributed by atoms with Gasteiger partial charge in [-0.2, -0.15) is 0 Å². The van der Waals surface area contributed by atoms with E-state index >= 15 is 0 Å². The summed E-state index contributed by atoms with van der Waals surface area (Å²) in [7, 11) is 1.85. The van der Waals surface area contributed by atoms with Gasteiger partial charge in [0, 0.05) is 25.4 Å². The number of carboxylic acid groups (broad SMARTS) is 1. The number of ketones is 1. The van der Waals surface area contributed by atoms with E-state index in [1.165, 1.54) is 11.8 Å². The van der Waals surface area contributed by atoms with Crippen LogP contribution in [0.3, 0.4) is 0 Å². The zero-order chi connectivity index (χ0) is 14.7. The van der Waals surface area contributed by atoms with Crippen molar-refractivity contribution in [3.8, 4) is 0 Å². The molecule has 2 aromatic rings. The number of anilines is 1. The SMILES string of the molecule is CC(=O)c1sc(N(C)CCc2cccs2)nc1C(=O)O. The van der Waals surface area contributed by atoms with Gasteiger partial charge in [-0.3, -0.25) is 4.79 Å². The third-order valence-corrected chi connectivity index (χ3v) is 4.95. The van der Waals surface area contributed by atoms with Crippen LogP contribution in [0.1, 0.15) is 32.0 Å². The first-order valence-electron chi connectivity index (χ1n) is 5.97.